The van der Waals surface area contributed by atoms with E-state index in [1.54, 1.807) is 20.3 Å². The van der Waals surface area contributed by atoms with Crippen molar-refractivity contribution < 1.29 is 19.1 Å². The van der Waals surface area contributed by atoms with Crippen LogP contribution in [0.3, 0.4) is 0 Å². The molecule has 0 spiro atoms. The van der Waals surface area contributed by atoms with Gasteiger partial charge in [-0.1, -0.05) is 0 Å². The first kappa shape index (κ1) is 13.0. The van der Waals surface area contributed by atoms with E-state index in [9.17, 15) is 9.59 Å². The normalized spacial score (nSPS) is 24.9. The highest BCUT2D eigenvalue weighted by Gasteiger charge is 2.38. The molecule has 2 atom stereocenters. The molecule has 16 heavy (non-hydrogen) atoms. The lowest BCUT2D eigenvalue weighted by molar-refractivity contribution is -0.157. The van der Waals surface area contributed by atoms with E-state index in [0.717, 1.165) is 0 Å². The van der Waals surface area contributed by atoms with Crippen molar-refractivity contribution >= 4 is 11.9 Å². The number of piperidine rings is 1. The number of hydrogen-bond donors (Lipinski definition) is 0. The van der Waals surface area contributed by atoms with Crippen molar-refractivity contribution in [1.82, 2.24) is 5.32 Å². The lowest BCUT2D eigenvalue weighted by Crippen LogP contribution is -2.47. The molecule has 0 aromatic rings. The summed E-state index contributed by atoms with van der Waals surface area (Å²) in [6.45, 7) is 4.61. The zero-order valence-corrected chi connectivity index (χ0v) is 9.64. The molecular weight excluding hydrogens is 210 g/mol. The van der Waals surface area contributed by atoms with Crippen LogP contribution in [-0.4, -0.2) is 37.7 Å². The first-order valence-corrected chi connectivity index (χ1v) is 5.53. The smallest absolute Gasteiger partial charge is 0.325 e. The molecule has 2 radical (unpaired) electrons. The second-order valence-electron chi connectivity index (χ2n) is 3.41. The predicted molar refractivity (Wildman–Crippen MR) is 56.5 cm³/mol. The van der Waals surface area contributed by atoms with Crippen LogP contribution in [0.15, 0.2) is 0 Å². The summed E-state index contributed by atoms with van der Waals surface area (Å²) in [7, 11) is 0. The van der Waals surface area contributed by atoms with Gasteiger partial charge >= 0.3 is 11.9 Å². The number of rotatable bonds is 4. The molecule has 5 nitrogen and oxygen atoms in total. The van der Waals surface area contributed by atoms with Crippen molar-refractivity contribution in [2.24, 2.45) is 5.92 Å². The Bertz CT molecular complexity index is 228. The maximum Gasteiger partial charge on any atom is 0.325 e. The van der Waals surface area contributed by atoms with Gasteiger partial charge in [0, 0.05) is 6.54 Å². The summed E-state index contributed by atoms with van der Waals surface area (Å²) in [5.74, 6) is -1.44. The van der Waals surface area contributed by atoms with Gasteiger partial charge in [0.2, 0.25) is 0 Å². The molecule has 2 unspecified atom stereocenters. The summed E-state index contributed by atoms with van der Waals surface area (Å²) >= 11 is 0. The Morgan fingerprint density at radius 1 is 1.25 bits per heavy atom. The lowest BCUT2D eigenvalue weighted by Gasteiger charge is -2.27. The van der Waals surface area contributed by atoms with Crippen molar-refractivity contribution in [1.29, 1.82) is 0 Å². The molecule has 90 valence electrons. The second-order valence-corrected chi connectivity index (χ2v) is 3.41. The van der Waals surface area contributed by atoms with E-state index in [1.165, 1.54) is 0 Å². The first-order valence-electron chi connectivity index (χ1n) is 5.53. The summed E-state index contributed by atoms with van der Waals surface area (Å²) in [6.07, 6.45) is 2.48. The third-order valence-electron chi connectivity index (χ3n) is 2.30. The van der Waals surface area contributed by atoms with Gasteiger partial charge < -0.3 is 9.47 Å². The number of ether oxygens (including phenoxy) is 2. The van der Waals surface area contributed by atoms with Crippen molar-refractivity contribution in [3.05, 3.63) is 6.42 Å². The van der Waals surface area contributed by atoms with E-state index in [2.05, 4.69) is 5.32 Å². The summed E-state index contributed by atoms with van der Waals surface area (Å²) in [6, 6.07) is -0.729. The summed E-state index contributed by atoms with van der Waals surface area (Å²) in [5.41, 5.74) is 0. The zero-order valence-electron chi connectivity index (χ0n) is 9.64. The quantitative estimate of drug-likeness (QED) is 0.648. The van der Waals surface area contributed by atoms with Crippen LogP contribution in [0.2, 0.25) is 0 Å². The average Bonchev–Trinajstić information content (AvgIpc) is 2.30. The first-order chi connectivity index (χ1) is 7.70. The van der Waals surface area contributed by atoms with Gasteiger partial charge in [0.15, 0.2) is 0 Å². The number of carbonyl (C=O) groups excluding carboxylic acids is 2. The number of carbonyl (C=O) groups is 2. The molecule has 1 rings (SSSR count). The van der Waals surface area contributed by atoms with Gasteiger partial charge in [-0.15, -0.1) is 0 Å². The standard InChI is InChI=1S/C11H17NO4/c1-3-15-10(13)8-6-5-7-12-9(8)11(14)16-4-2/h6,8-9H,3-5,7H2,1-2H3. The highest BCUT2D eigenvalue weighted by Crippen LogP contribution is 2.19. The molecule has 0 aromatic heterocycles. The fourth-order valence-corrected chi connectivity index (χ4v) is 1.62. The molecule has 0 bridgehead atoms. The van der Waals surface area contributed by atoms with E-state index in [4.69, 9.17) is 9.47 Å². The molecule has 5 heteroatoms. The van der Waals surface area contributed by atoms with E-state index in [1.807, 2.05) is 0 Å². The van der Waals surface area contributed by atoms with Gasteiger partial charge in [0.1, 0.15) is 6.04 Å². The van der Waals surface area contributed by atoms with Gasteiger partial charge in [0.05, 0.1) is 19.1 Å². The summed E-state index contributed by atoms with van der Waals surface area (Å²) in [4.78, 5) is 23.2. The van der Waals surface area contributed by atoms with E-state index >= 15 is 0 Å². The summed E-state index contributed by atoms with van der Waals surface area (Å²) < 4.78 is 9.78. The Morgan fingerprint density at radius 2 is 1.88 bits per heavy atom. The molecule has 1 fully saturated rings. The predicted octanol–water partition coefficient (Wildman–Crippen LogP) is 0.310. The van der Waals surface area contributed by atoms with Crippen LogP contribution < -0.4 is 5.32 Å². The van der Waals surface area contributed by atoms with Crippen LogP contribution in [0, 0.1) is 12.3 Å². The van der Waals surface area contributed by atoms with Crippen LogP contribution in [0.5, 0.6) is 0 Å². The topological polar surface area (TPSA) is 66.7 Å². The van der Waals surface area contributed by atoms with Crippen molar-refractivity contribution in [3.63, 3.8) is 0 Å². The maximum absolute atomic E-state index is 11.6. The minimum atomic E-state index is -0.729. The third-order valence-corrected chi connectivity index (χ3v) is 2.30. The Labute approximate surface area is 95.5 Å². The fourth-order valence-electron chi connectivity index (χ4n) is 1.62. The van der Waals surface area contributed by atoms with E-state index < -0.39 is 23.9 Å². The van der Waals surface area contributed by atoms with Crippen molar-refractivity contribution in [3.8, 4) is 0 Å². The molecule has 0 aliphatic carbocycles. The van der Waals surface area contributed by atoms with Crippen LogP contribution >= 0.6 is 0 Å². The molecule has 1 aliphatic rings. The molecule has 0 amide bonds. The van der Waals surface area contributed by atoms with Crippen molar-refractivity contribution in [2.75, 3.05) is 19.8 Å². The van der Waals surface area contributed by atoms with Gasteiger partial charge in [-0.3, -0.25) is 9.59 Å². The van der Waals surface area contributed by atoms with Gasteiger partial charge in [-0.2, -0.15) is 0 Å². The number of esters is 2. The molecule has 0 N–H and O–H groups in total. The monoisotopic (exact) mass is 227 g/mol. The molecule has 1 heterocycles. The highest BCUT2D eigenvalue weighted by atomic mass is 16.5. The Hall–Kier alpha value is -1.10. The van der Waals surface area contributed by atoms with E-state index in [-0.39, 0.29) is 0 Å². The third kappa shape index (κ3) is 3.20. The van der Waals surface area contributed by atoms with Crippen LogP contribution in [0.25, 0.3) is 0 Å². The van der Waals surface area contributed by atoms with Crippen LogP contribution in [-0.2, 0) is 19.1 Å². The number of nitrogens with zero attached hydrogens (tertiary/aromatic N) is 1. The SMILES string of the molecule is CCOC(=O)C1[CH]CC[N]C1C(=O)OCC. The lowest BCUT2D eigenvalue weighted by atomic mass is 9.91. The van der Waals surface area contributed by atoms with Gasteiger partial charge in [-0.05, 0) is 26.7 Å². The van der Waals surface area contributed by atoms with E-state index in [0.29, 0.717) is 26.2 Å². The largest absolute Gasteiger partial charge is 0.466 e. The van der Waals surface area contributed by atoms with Crippen LogP contribution in [0.4, 0.5) is 0 Å². The van der Waals surface area contributed by atoms with Gasteiger partial charge in [0.25, 0.3) is 0 Å². The second kappa shape index (κ2) is 6.48. The molecule has 1 aliphatic heterocycles. The van der Waals surface area contributed by atoms with Crippen LogP contribution in [0.1, 0.15) is 20.3 Å². The molecule has 0 aromatic carbocycles. The Balaban J connectivity index is 2.63. The zero-order chi connectivity index (χ0) is 12.0. The minimum absolute atomic E-state index is 0.292. The average molecular weight is 227 g/mol. The highest BCUT2D eigenvalue weighted by molar-refractivity contribution is 5.86. The van der Waals surface area contributed by atoms with Crippen molar-refractivity contribution in [2.45, 2.75) is 26.3 Å². The molecular formula is C11H17NO4. The number of hydrogen-bond acceptors (Lipinski definition) is 4. The maximum atomic E-state index is 11.6. The molecule has 1 saturated heterocycles. The minimum Gasteiger partial charge on any atom is -0.466 e. The summed E-state index contributed by atoms with van der Waals surface area (Å²) in [5, 5.41) is 4.13. The Kier molecular flexibility index (Phi) is 5.25. The molecule has 0 saturated carbocycles. The Morgan fingerprint density at radius 3 is 2.50 bits per heavy atom. The van der Waals surface area contributed by atoms with Gasteiger partial charge in [-0.25, -0.2) is 5.32 Å². The fraction of sp³-hybridized carbons (Fsp3) is 0.727.